The van der Waals surface area contributed by atoms with Crippen LogP contribution < -0.4 is 5.32 Å². The maximum atomic E-state index is 10.5. The zero-order chi connectivity index (χ0) is 8.69. The van der Waals surface area contributed by atoms with Crippen molar-refractivity contribution in [1.29, 1.82) is 0 Å². The lowest BCUT2D eigenvalue weighted by Crippen LogP contribution is -2.24. The molecule has 0 saturated carbocycles. The fourth-order valence-electron chi connectivity index (χ4n) is 0.401. The Hall–Kier alpha value is -1.03. The number of ether oxygens (including phenoxy) is 1. The van der Waals surface area contributed by atoms with Gasteiger partial charge in [-0.3, -0.25) is 0 Å². The molecule has 64 valence electrons. The average molecular weight is 159 g/mol. The van der Waals surface area contributed by atoms with E-state index in [1.54, 1.807) is 6.92 Å². The molecule has 0 amide bonds. The Labute approximate surface area is 65.9 Å². The molecule has 11 heavy (non-hydrogen) atoms. The fraction of sp³-hybridized carbons (Fsp3) is 0.571. The number of aliphatic hydroxyl groups is 1. The van der Waals surface area contributed by atoms with Crippen LogP contribution in [0.5, 0.6) is 0 Å². The second kappa shape index (κ2) is 5.73. The largest absolute Gasteiger partial charge is 0.466 e. The van der Waals surface area contributed by atoms with Crippen LogP contribution >= 0.6 is 0 Å². The molecule has 0 fully saturated rings. The molecule has 1 unspecified atom stereocenters. The SMILES string of the molecule is COC(=O)C=CNC(C)CO. The second-order valence-electron chi connectivity index (χ2n) is 2.11. The minimum absolute atomic E-state index is 0.0332. The Balaban J connectivity index is 3.51. The van der Waals surface area contributed by atoms with Crippen LogP contribution in [0.3, 0.4) is 0 Å². The van der Waals surface area contributed by atoms with Crippen molar-refractivity contribution in [3.8, 4) is 0 Å². The van der Waals surface area contributed by atoms with E-state index in [-0.39, 0.29) is 12.6 Å². The first-order valence-corrected chi connectivity index (χ1v) is 3.32. The van der Waals surface area contributed by atoms with Crippen molar-refractivity contribution in [1.82, 2.24) is 5.32 Å². The van der Waals surface area contributed by atoms with Crippen LogP contribution in [-0.4, -0.2) is 30.8 Å². The molecule has 0 aromatic carbocycles. The van der Waals surface area contributed by atoms with Gasteiger partial charge in [0.05, 0.1) is 13.7 Å². The summed E-state index contributed by atoms with van der Waals surface area (Å²) in [7, 11) is 1.31. The van der Waals surface area contributed by atoms with E-state index in [0.717, 1.165) is 0 Å². The Morgan fingerprint density at radius 3 is 2.91 bits per heavy atom. The van der Waals surface area contributed by atoms with E-state index in [4.69, 9.17) is 5.11 Å². The molecule has 0 radical (unpaired) electrons. The van der Waals surface area contributed by atoms with Crippen molar-refractivity contribution in [3.05, 3.63) is 12.3 Å². The third-order valence-corrected chi connectivity index (χ3v) is 1.08. The van der Waals surface area contributed by atoms with Crippen LogP contribution in [-0.2, 0) is 9.53 Å². The van der Waals surface area contributed by atoms with Gasteiger partial charge in [-0.25, -0.2) is 4.79 Å². The highest BCUT2D eigenvalue weighted by Crippen LogP contribution is 1.79. The van der Waals surface area contributed by atoms with E-state index < -0.39 is 5.97 Å². The lowest BCUT2D eigenvalue weighted by Gasteiger charge is -2.05. The van der Waals surface area contributed by atoms with Gasteiger partial charge in [0.1, 0.15) is 0 Å². The van der Waals surface area contributed by atoms with Gasteiger partial charge in [0.25, 0.3) is 0 Å². The summed E-state index contributed by atoms with van der Waals surface area (Å²) >= 11 is 0. The maximum Gasteiger partial charge on any atom is 0.331 e. The molecule has 0 heterocycles. The summed E-state index contributed by atoms with van der Waals surface area (Å²) in [6, 6.07) is -0.0455. The molecule has 0 bridgehead atoms. The summed E-state index contributed by atoms with van der Waals surface area (Å²) in [6.07, 6.45) is 2.71. The molecule has 0 aromatic heterocycles. The van der Waals surface area contributed by atoms with Crippen LogP contribution in [0.2, 0.25) is 0 Å². The highest BCUT2D eigenvalue weighted by molar-refractivity contribution is 5.81. The van der Waals surface area contributed by atoms with Gasteiger partial charge in [0.2, 0.25) is 0 Å². The number of nitrogens with one attached hydrogen (secondary N) is 1. The Morgan fingerprint density at radius 2 is 2.45 bits per heavy atom. The third kappa shape index (κ3) is 5.42. The lowest BCUT2D eigenvalue weighted by atomic mass is 10.4. The summed E-state index contributed by atoms with van der Waals surface area (Å²) in [6.45, 7) is 1.83. The van der Waals surface area contributed by atoms with Gasteiger partial charge in [-0.1, -0.05) is 0 Å². The first kappa shape index (κ1) is 9.97. The highest BCUT2D eigenvalue weighted by atomic mass is 16.5. The number of hydrogen-bond acceptors (Lipinski definition) is 4. The molecule has 0 aliphatic heterocycles. The van der Waals surface area contributed by atoms with Crippen LogP contribution in [0.4, 0.5) is 0 Å². The van der Waals surface area contributed by atoms with E-state index in [0.29, 0.717) is 0 Å². The number of carbonyl (C=O) groups is 1. The first-order valence-electron chi connectivity index (χ1n) is 3.32. The smallest absolute Gasteiger partial charge is 0.331 e. The number of rotatable bonds is 4. The van der Waals surface area contributed by atoms with Gasteiger partial charge in [-0.15, -0.1) is 0 Å². The predicted octanol–water partition coefficient (Wildman–Crippen LogP) is -0.357. The lowest BCUT2D eigenvalue weighted by molar-refractivity contribution is -0.134. The molecule has 4 heteroatoms. The molecule has 4 nitrogen and oxygen atoms in total. The van der Waals surface area contributed by atoms with Crippen LogP contribution in [0.1, 0.15) is 6.92 Å². The van der Waals surface area contributed by atoms with Crippen molar-refractivity contribution >= 4 is 5.97 Å². The number of aliphatic hydroxyl groups excluding tert-OH is 1. The Bertz CT molecular complexity index is 145. The zero-order valence-electron chi connectivity index (χ0n) is 6.70. The normalized spacial score (nSPS) is 13.0. The summed E-state index contributed by atoms with van der Waals surface area (Å²) in [5, 5.41) is 11.3. The van der Waals surface area contributed by atoms with Crippen LogP contribution in [0.15, 0.2) is 12.3 Å². The predicted molar refractivity (Wildman–Crippen MR) is 40.8 cm³/mol. The molecular weight excluding hydrogens is 146 g/mol. The molecular formula is C7H13NO3. The topological polar surface area (TPSA) is 58.6 Å². The fourth-order valence-corrected chi connectivity index (χ4v) is 0.401. The molecule has 2 N–H and O–H groups in total. The second-order valence-corrected chi connectivity index (χ2v) is 2.11. The monoisotopic (exact) mass is 159 g/mol. The van der Waals surface area contributed by atoms with E-state index in [1.807, 2.05) is 0 Å². The van der Waals surface area contributed by atoms with Gasteiger partial charge in [0, 0.05) is 18.3 Å². The van der Waals surface area contributed by atoms with Crippen LogP contribution in [0, 0.1) is 0 Å². The van der Waals surface area contributed by atoms with Crippen molar-refractivity contribution in [3.63, 3.8) is 0 Å². The Kier molecular flexibility index (Phi) is 5.20. The minimum atomic E-state index is -0.414. The highest BCUT2D eigenvalue weighted by Gasteiger charge is 1.93. The molecule has 0 spiro atoms. The van der Waals surface area contributed by atoms with E-state index in [2.05, 4.69) is 10.1 Å². The van der Waals surface area contributed by atoms with Crippen molar-refractivity contribution in [2.75, 3.05) is 13.7 Å². The minimum Gasteiger partial charge on any atom is -0.466 e. The molecule has 0 aliphatic rings. The standard InChI is InChI=1S/C7H13NO3/c1-6(5-9)8-4-3-7(10)11-2/h3-4,6,8-9H,5H2,1-2H3. The number of esters is 1. The quantitative estimate of drug-likeness (QED) is 0.434. The first-order chi connectivity index (χ1) is 5.20. The van der Waals surface area contributed by atoms with Gasteiger partial charge >= 0.3 is 5.97 Å². The molecule has 0 aromatic rings. The maximum absolute atomic E-state index is 10.5. The van der Waals surface area contributed by atoms with Crippen molar-refractivity contribution in [2.24, 2.45) is 0 Å². The van der Waals surface area contributed by atoms with E-state index in [1.165, 1.54) is 19.4 Å². The third-order valence-electron chi connectivity index (χ3n) is 1.08. The molecule has 1 atom stereocenters. The Morgan fingerprint density at radius 1 is 1.82 bits per heavy atom. The molecule has 0 rings (SSSR count). The zero-order valence-corrected chi connectivity index (χ0v) is 6.70. The van der Waals surface area contributed by atoms with Crippen LogP contribution in [0.25, 0.3) is 0 Å². The van der Waals surface area contributed by atoms with E-state index >= 15 is 0 Å². The summed E-state index contributed by atoms with van der Waals surface area (Å²) < 4.78 is 4.34. The summed E-state index contributed by atoms with van der Waals surface area (Å²) in [4.78, 5) is 10.5. The molecule has 0 aliphatic carbocycles. The van der Waals surface area contributed by atoms with Gasteiger partial charge < -0.3 is 15.2 Å². The number of methoxy groups -OCH3 is 1. The van der Waals surface area contributed by atoms with Crippen molar-refractivity contribution in [2.45, 2.75) is 13.0 Å². The van der Waals surface area contributed by atoms with Crippen molar-refractivity contribution < 1.29 is 14.6 Å². The van der Waals surface area contributed by atoms with Gasteiger partial charge in [-0.05, 0) is 6.92 Å². The summed E-state index contributed by atoms with van der Waals surface area (Å²) in [5.74, 6) is -0.414. The number of carbonyl (C=O) groups excluding carboxylic acids is 1. The molecule has 0 saturated heterocycles. The number of hydrogen-bond donors (Lipinski definition) is 2. The van der Waals surface area contributed by atoms with E-state index in [9.17, 15) is 4.79 Å². The van der Waals surface area contributed by atoms with Gasteiger partial charge in [0.15, 0.2) is 0 Å². The summed E-state index contributed by atoms with van der Waals surface area (Å²) in [5.41, 5.74) is 0. The average Bonchev–Trinajstić information content (AvgIpc) is 2.04. The van der Waals surface area contributed by atoms with Gasteiger partial charge in [-0.2, -0.15) is 0 Å².